The van der Waals surface area contributed by atoms with Gasteiger partial charge in [-0.2, -0.15) is 0 Å². The number of imidazole rings is 1. The Balaban J connectivity index is 1.99. The third-order valence-corrected chi connectivity index (χ3v) is 3.30. The van der Waals surface area contributed by atoms with Gasteiger partial charge in [0.2, 0.25) is 5.78 Å². The van der Waals surface area contributed by atoms with E-state index in [-0.39, 0.29) is 0 Å². The predicted octanol–water partition coefficient (Wildman–Crippen LogP) is 2.64. The molecule has 0 amide bonds. The first-order valence-corrected chi connectivity index (χ1v) is 7.08. The summed E-state index contributed by atoms with van der Waals surface area (Å²) in [5.41, 5.74) is 8.73. The van der Waals surface area contributed by atoms with Crippen LogP contribution in [0.25, 0.3) is 17.0 Å². The van der Waals surface area contributed by atoms with Crippen molar-refractivity contribution >= 4 is 5.78 Å². The van der Waals surface area contributed by atoms with Crippen molar-refractivity contribution in [3.63, 3.8) is 0 Å². The van der Waals surface area contributed by atoms with E-state index < -0.39 is 0 Å². The van der Waals surface area contributed by atoms with Gasteiger partial charge in [0, 0.05) is 24.5 Å². The molecule has 108 valence electrons. The summed E-state index contributed by atoms with van der Waals surface area (Å²) in [5.74, 6) is 1.54. The Morgan fingerprint density at radius 2 is 2.05 bits per heavy atom. The van der Waals surface area contributed by atoms with E-state index in [9.17, 15) is 0 Å². The van der Waals surface area contributed by atoms with Gasteiger partial charge in [-0.05, 0) is 36.8 Å². The average Bonchev–Trinajstić information content (AvgIpc) is 2.92. The van der Waals surface area contributed by atoms with Gasteiger partial charge in [-0.15, -0.1) is 0 Å². The number of aromatic nitrogens is 3. The van der Waals surface area contributed by atoms with Crippen LogP contribution in [0.2, 0.25) is 0 Å². The van der Waals surface area contributed by atoms with Crippen molar-refractivity contribution in [1.82, 2.24) is 14.4 Å². The zero-order valence-corrected chi connectivity index (χ0v) is 12.0. The molecule has 0 radical (unpaired) electrons. The Bertz CT molecular complexity index is 734. The van der Waals surface area contributed by atoms with Crippen molar-refractivity contribution in [2.45, 2.75) is 19.9 Å². The molecule has 0 bridgehead atoms. The number of hydrogen-bond donors (Lipinski definition) is 1. The summed E-state index contributed by atoms with van der Waals surface area (Å²) in [5, 5.41) is 0. The monoisotopic (exact) mass is 282 g/mol. The zero-order valence-electron chi connectivity index (χ0n) is 12.0. The predicted molar refractivity (Wildman–Crippen MR) is 82.1 cm³/mol. The first-order valence-electron chi connectivity index (χ1n) is 7.08. The van der Waals surface area contributed by atoms with Crippen molar-refractivity contribution in [3.8, 4) is 17.0 Å². The number of hydrogen-bond acceptors (Lipinski definition) is 4. The molecule has 3 rings (SSSR count). The van der Waals surface area contributed by atoms with E-state index in [0.29, 0.717) is 12.3 Å². The van der Waals surface area contributed by atoms with Crippen molar-refractivity contribution in [2.24, 2.45) is 5.73 Å². The second-order valence-electron chi connectivity index (χ2n) is 4.77. The fourth-order valence-corrected chi connectivity index (χ4v) is 2.29. The molecular weight excluding hydrogens is 264 g/mol. The summed E-state index contributed by atoms with van der Waals surface area (Å²) < 4.78 is 7.53. The van der Waals surface area contributed by atoms with E-state index in [1.54, 1.807) is 6.20 Å². The van der Waals surface area contributed by atoms with E-state index in [0.717, 1.165) is 35.7 Å². The van der Waals surface area contributed by atoms with E-state index >= 15 is 0 Å². The Morgan fingerprint density at radius 3 is 2.76 bits per heavy atom. The second-order valence-corrected chi connectivity index (χ2v) is 4.77. The molecule has 0 fully saturated rings. The molecule has 5 nitrogen and oxygen atoms in total. The average molecular weight is 282 g/mol. The first-order chi connectivity index (χ1) is 10.3. The number of benzene rings is 1. The highest BCUT2D eigenvalue weighted by atomic mass is 16.5. The molecule has 0 aliphatic carbocycles. The lowest BCUT2D eigenvalue weighted by Gasteiger charge is -2.06. The molecule has 0 aliphatic rings. The third kappa shape index (κ3) is 2.60. The Morgan fingerprint density at radius 1 is 1.24 bits per heavy atom. The number of nitrogens with zero attached hydrogens (tertiary/aromatic N) is 3. The molecule has 21 heavy (non-hydrogen) atoms. The topological polar surface area (TPSA) is 65.4 Å². The smallest absolute Gasteiger partial charge is 0.234 e. The van der Waals surface area contributed by atoms with Crippen LogP contribution in [0.1, 0.15) is 19.0 Å². The van der Waals surface area contributed by atoms with Gasteiger partial charge in [0.25, 0.3) is 0 Å². The van der Waals surface area contributed by atoms with Crippen molar-refractivity contribution in [1.29, 1.82) is 0 Å². The molecule has 0 aliphatic heterocycles. The van der Waals surface area contributed by atoms with Crippen molar-refractivity contribution in [2.75, 3.05) is 6.61 Å². The SMILES string of the molecule is CCCOc1ccc(-c2nc3ncccn3c2CN)cc1. The number of fused-ring (bicyclic) bond motifs is 1. The number of rotatable bonds is 5. The largest absolute Gasteiger partial charge is 0.494 e. The molecule has 2 aromatic heterocycles. The quantitative estimate of drug-likeness (QED) is 0.781. The highest BCUT2D eigenvalue weighted by molar-refractivity contribution is 5.66. The molecule has 0 saturated carbocycles. The maximum atomic E-state index is 5.88. The van der Waals surface area contributed by atoms with Crippen LogP contribution in [0, 0.1) is 0 Å². The fourth-order valence-electron chi connectivity index (χ4n) is 2.29. The van der Waals surface area contributed by atoms with Crippen LogP contribution >= 0.6 is 0 Å². The van der Waals surface area contributed by atoms with Gasteiger partial charge in [-0.25, -0.2) is 9.97 Å². The van der Waals surface area contributed by atoms with E-state index in [2.05, 4.69) is 16.9 Å². The van der Waals surface area contributed by atoms with Gasteiger partial charge in [0.05, 0.1) is 18.0 Å². The maximum Gasteiger partial charge on any atom is 0.234 e. The van der Waals surface area contributed by atoms with Gasteiger partial charge in [-0.3, -0.25) is 4.40 Å². The lowest BCUT2D eigenvalue weighted by atomic mass is 10.1. The highest BCUT2D eigenvalue weighted by Crippen LogP contribution is 2.25. The first kappa shape index (κ1) is 13.6. The molecule has 0 spiro atoms. The Hall–Kier alpha value is -2.40. The molecule has 0 saturated heterocycles. The second kappa shape index (κ2) is 5.93. The Kier molecular flexibility index (Phi) is 3.83. The van der Waals surface area contributed by atoms with Gasteiger partial charge < -0.3 is 10.5 Å². The Labute approximate surface area is 123 Å². The van der Waals surface area contributed by atoms with Crippen LogP contribution in [-0.2, 0) is 6.54 Å². The number of nitrogens with two attached hydrogens (primary N) is 1. The van der Waals surface area contributed by atoms with E-state index in [1.807, 2.05) is 40.9 Å². The van der Waals surface area contributed by atoms with Crippen LogP contribution in [0.5, 0.6) is 5.75 Å². The standard InChI is InChI=1S/C16H18N4O/c1-2-10-21-13-6-4-12(5-7-13)15-14(11-17)20-9-3-8-18-16(20)19-15/h3-9H,2,10-11,17H2,1H3. The van der Waals surface area contributed by atoms with Crippen LogP contribution < -0.4 is 10.5 Å². The van der Waals surface area contributed by atoms with Crippen molar-refractivity contribution in [3.05, 3.63) is 48.4 Å². The van der Waals surface area contributed by atoms with Crippen molar-refractivity contribution < 1.29 is 4.74 Å². The number of ether oxygens (including phenoxy) is 1. The van der Waals surface area contributed by atoms with E-state index in [1.165, 1.54) is 0 Å². The normalized spacial score (nSPS) is 11.0. The molecule has 0 atom stereocenters. The minimum absolute atomic E-state index is 0.413. The van der Waals surface area contributed by atoms with Crippen LogP contribution in [0.4, 0.5) is 0 Å². The lowest BCUT2D eigenvalue weighted by molar-refractivity contribution is 0.317. The summed E-state index contributed by atoms with van der Waals surface area (Å²) >= 11 is 0. The molecule has 3 aromatic rings. The van der Waals surface area contributed by atoms with Crippen LogP contribution in [0.3, 0.4) is 0 Å². The summed E-state index contributed by atoms with van der Waals surface area (Å²) in [6.45, 7) is 3.23. The molecule has 2 N–H and O–H groups in total. The van der Waals surface area contributed by atoms with Gasteiger partial charge in [0.1, 0.15) is 5.75 Å². The van der Waals surface area contributed by atoms with Gasteiger partial charge in [-0.1, -0.05) is 6.92 Å². The molecule has 2 heterocycles. The zero-order chi connectivity index (χ0) is 14.7. The lowest BCUT2D eigenvalue weighted by Crippen LogP contribution is -2.02. The molecule has 1 aromatic carbocycles. The van der Waals surface area contributed by atoms with Gasteiger partial charge >= 0.3 is 0 Å². The molecule has 0 unspecified atom stereocenters. The summed E-state index contributed by atoms with van der Waals surface area (Å²) in [6, 6.07) is 9.81. The van der Waals surface area contributed by atoms with Gasteiger partial charge in [0.15, 0.2) is 0 Å². The molecular formula is C16H18N4O. The minimum atomic E-state index is 0.413. The summed E-state index contributed by atoms with van der Waals surface area (Å²) in [4.78, 5) is 8.84. The summed E-state index contributed by atoms with van der Waals surface area (Å²) in [6.07, 6.45) is 4.66. The summed E-state index contributed by atoms with van der Waals surface area (Å²) in [7, 11) is 0. The molecule has 5 heteroatoms. The van der Waals surface area contributed by atoms with E-state index in [4.69, 9.17) is 10.5 Å². The van der Waals surface area contributed by atoms with Crippen LogP contribution in [-0.4, -0.2) is 21.0 Å². The minimum Gasteiger partial charge on any atom is -0.494 e. The highest BCUT2D eigenvalue weighted by Gasteiger charge is 2.13. The maximum absolute atomic E-state index is 5.88. The third-order valence-electron chi connectivity index (χ3n) is 3.30. The van der Waals surface area contributed by atoms with Crippen LogP contribution in [0.15, 0.2) is 42.7 Å². The fraction of sp³-hybridized carbons (Fsp3) is 0.250.